The van der Waals surface area contributed by atoms with Gasteiger partial charge in [-0.25, -0.2) is 13.1 Å². The summed E-state index contributed by atoms with van der Waals surface area (Å²) in [4.78, 5) is 10.7. The molecule has 0 saturated heterocycles. The van der Waals surface area contributed by atoms with Gasteiger partial charge in [0.2, 0.25) is 10.0 Å². The zero-order chi connectivity index (χ0) is 15.6. The van der Waals surface area contributed by atoms with Crippen LogP contribution in [0.25, 0.3) is 0 Å². The molecule has 0 aliphatic heterocycles. The number of benzene rings is 1. The van der Waals surface area contributed by atoms with Crippen LogP contribution in [0.15, 0.2) is 32.0 Å². The Labute approximate surface area is 135 Å². The molecule has 2 N–H and O–H groups in total. The summed E-state index contributed by atoms with van der Waals surface area (Å²) in [5.41, 5.74) is -0.844. The van der Waals surface area contributed by atoms with E-state index in [1.165, 1.54) is 6.07 Å². The lowest BCUT2D eigenvalue weighted by Gasteiger charge is -2.25. The number of rotatable bonds is 6. The Morgan fingerprint density at radius 1 is 1.35 bits per heavy atom. The van der Waals surface area contributed by atoms with Gasteiger partial charge in [-0.2, -0.15) is 0 Å². The number of carboxylic acid groups (broad SMARTS) is 1. The van der Waals surface area contributed by atoms with Crippen molar-refractivity contribution in [2.75, 3.05) is 0 Å². The van der Waals surface area contributed by atoms with Gasteiger partial charge < -0.3 is 5.11 Å². The first-order chi connectivity index (χ1) is 9.03. The maximum atomic E-state index is 12.3. The van der Waals surface area contributed by atoms with Crippen molar-refractivity contribution in [2.24, 2.45) is 0 Å². The molecule has 0 atom stereocenters. The smallest absolute Gasteiger partial charge is 0.303 e. The van der Waals surface area contributed by atoms with Crippen molar-refractivity contribution in [1.82, 2.24) is 4.72 Å². The monoisotopic (exact) mass is 427 g/mol. The molecule has 0 fully saturated rings. The molecule has 0 radical (unpaired) electrons. The van der Waals surface area contributed by atoms with Gasteiger partial charge in [-0.1, -0.05) is 15.9 Å². The van der Waals surface area contributed by atoms with E-state index in [2.05, 4.69) is 36.6 Å². The topological polar surface area (TPSA) is 83.5 Å². The van der Waals surface area contributed by atoms with Crippen LogP contribution in [0.5, 0.6) is 0 Å². The number of halogens is 2. The van der Waals surface area contributed by atoms with Crippen molar-refractivity contribution < 1.29 is 18.3 Å². The van der Waals surface area contributed by atoms with E-state index in [0.29, 0.717) is 4.47 Å². The van der Waals surface area contributed by atoms with Crippen molar-refractivity contribution in [2.45, 2.75) is 37.1 Å². The molecule has 0 heterocycles. The van der Waals surface area contributed by atoms with Gasteiger partial charge in [0.1, 0.15) is 0 Å². The number of carbonyl (C=O) groups is 1. The predicted octanol–water partition coefficient (Wildman–Crippen LogP) is 3.13. The van der Waals surface area contributed by atoms with Gasteiger partial charge in [0.05, 0.1) is 4.90 Å². The van der Waals surface area contributed by atoms with E-state index in [-0.39, 0.29) is 17.7 Å². The largest absolute Gasteiger partial charge is 0.481 e. The van der Waals surface area contributed by atoms with Crippen LogP contribution >= 0.6 is 31.9 Å². The minimum Gasteiger partial charge on any atom is -0.481 e. The summed E-state index contributed by atoms with van der Waals surface area (Å²) in [6.45, 7) is 3.31. The average Bonchev–Trinajstić information content (AvgIpc) is 2.24. The van der Waals surface area contributed by atoms with Crippen molar-refractivity contribution in [3.05, 3.63) is 27.1 Å². The highest BCUT2D eigenvalue weighted by molar-refractivity contribution is 9.11. The van der Waals surface area contributed by atoms with Crippen LogP contribution in [0, 0.1) is 0 Å². The zero-order valence-electron chi connectivity index (χ0n) is 11.0. The van der Waals surface area contributed by atoms with Gasteiger partial charge in [-0.15, -0.1) is 0 Å². The van der Waals surface area contributed by atoms with E-state index in [0.717, 1.165) is 4.47 Å². The molecule has 0 bridgehead atoms. The highest BCUT2D eigenvalue weighted by Gasteiger charge is 2.28. The molecule has 112 valence electrons. The van der Waals surface area contributed by atoms with Crippen LogP contribution in [0.3, 0.4) is 0 Å². The molecule has 0 saturated carbocycles. The first-order valence-electron chi connectivity index (χ1n) is 5.74. The van der Waals surface area contributed by atoms with E-state index in [4.69, 9.17) is 5.11 Å². The number of nitrogens with one attached hydrogen (secondary N) is 1. The molecule has 1 aromatic rings. The summed E-state index contributed by atoms with van der Waals surface area (Å²) < 4.78 is 28.4. The first-order valence-corrected chi connectivity index (χ1v) is 8.81. The number of hydrogen-bond acceptors (Lipinski definition) is 3. The molecule has 5 nitrogen and oxygen atoms in total. The van der Waals surface area contributed by atoms with Crippen LogP contribution in [0.4, 0.5) is 0 Å². The van der Waals surface area contributed by atoms with E-state index < -0.39 is 21.5 Å². The SMILES string of the molecule is CC(C)(CCC(=O)O)NS(=O)(=O)c1ccc(Br)cc1Br. The van der Waals surface area contributed by atoms with Gasteiger partial charge in [-0.3, -0.25) is 4.79 Å². The number of carboxylic acids is 1. The van der Waals surface area contributed by atoms with Crippen molar-refractivity contribution in [3.63, 3.8) is 0 Å². The molecule has 20 heavy (non-hydrogen) atoms. The minimum atomic E-state index is -3.72. The van der Waals surface area contributed by atoms with Gasteiger partial charge in [0, 0.05) is 20.9 Å². The fraction of sp³-hybridized carbons (Fsp3) is 0.417. The third kappa shape index (κ3) is 5.16. The second kappa shape index (κ2) is 6.55. The summed E-state index contributed by atoms with van der Waals surface area (Å²) in [6, 6.07) is 4.74. The van der Waals surface area contributed by atoms with Gasteiger partial charge in [0.25, 0.3) is 0 Å². The van der Waals surface area contributed by atoms with Gasteiger partial charge >= 0.3 is 5.97 Å². The highest BCUT2D eigenvalue weighted by atomic mass is 79.9. The summed E-state index contributed by atoms with van der Waals surface area (Å²) in [5.74, 6) is -0.956. The summed E-state index contributed by atoms with van der Waals surface area (Å²) in [5, 5.41) is 8.68. The minimum absolute atomic E-state index is 0.100. The van der Waals surface area contributed by atoms with E-state index in [1.54, 1.807) is 26.0 Å². The van der Waals surface area contributed by atoms with Gasteiger partial charge in [0.15, 0.2) is 0 Å². The normalized spacial score (nSPS) is 12.4. The second-order valence-corrected chi connectivity index (χ2v) is 8.38. The van der Waals surface area contributed by atoms with Crippen LogP contribution < -0.4 is 4.72 Å². The zero-order valence-corrected chi connectivity index (χ0v) is 15.0. The Morgan fingerprint density at radius 3 is 2.45 bits per heavy atom. The first kappa shape index (κ1) is 17.6. The number of aliphatic carboxylic acids is 1. The average molecular weight is 429 g/mol. The summed E-state index contributed by atoms with van der Waals surface area (Å²) in [7, 11) is -3.72. The fourth-order valence-electron chi connectivity index (χ4n) is 1.58. The van der Waals surface area contributed by atoms with Crippen molar-refractivity contribution in [3.8, 4) is 0 Å². The maximum absolute atomic E-state index is 12.3. The Morgan fingerprint density at radius 2 is 1.95 bits per heavy atom. The maximum Gasteiger partial charge on any atom is 0.303 e. The molecular formula is C12H15Br2NO4S. The van der Waals surface area contributed by atoms with Crippen LogP contribution in [0.2, 0.25) is 0 Å². The quantitative estimate of drug-likeness (QED) is 0.728. The Balaban J connectivity index is 2.97. The molecule has 0 unspecified atom stereocenters. The fourth-order valence-corrected chi connectivity index (χ4v) is 4.77. The lowest BCUT2D eigenvalue weighted by molar-refractivity contribution is -0.137. The molecule has 0 spiro atoms. The molecule has 0 aliphatic rings. The lowest BCUT2D eigenvalue weighted by Crippen LogP contribution is -2.43. The van der Waals surface area contributed by atoms with Crippen LogP contribution in [0.1, 0.15) is 26.7 Å². The molecular weight excluding hydrogens is 414 g/mol. The standard InChI is InChI=1S/C12H15Br2NO4S/c1-12(2,6-5-11(16)17)15-20(18,19)10-4-3-8(13)7-9(10)14/h3-4,7,15H,5-6H2,1-2H3,(H,16,17). The van der Waals surface area contributed by atoms with Crippen LogP contribution in [-0.2, 0) is 14.8 Å². The van der Waals surface area contributed by atoms with E-state index in [1.807, 2.05) is 0 Å². The molecule has 0 amide bonds. The molecule has 0 aromatic heterocycles. The third-order valence-electron chi connectivity index (χ3n) is 2.56. The van der Waals surface area contributed by atoms with E-state index in [9.17, 15) is 13.2 Å². The Kier molecular flexibility index (Phi) is 5.77. The van der Waals surface area contributed by atoms with Gasteiger partial charge in [-0.05, 0) is 54.4 Å². The Bertz CT molecular complexity index is 614. The number of sulfonamides is 1. The highest BCUT2D eigenvalue weighted by Crippen LogP contribution is 2.27. The predicted molar refractivity (Wildman–Crippen MR) is 83.1 cm³/mol. The Hall–Kier alpha value is -0.440. The van der Waals surface area contributed by atoms with E-state index >= 15 is 0 Å². The summed E-state index contributed by atoms with van der Waals surface area (Å²) in [6.07, 6.45) is 0.104. The second-order valence-electron chi connectivity index (χ2n) is 4.96. The van der Waals surface area contributed by atoms with Crippen LogP contribution in [-0.4, -0.2) is 25.0 Å². The van der Waals surface area contributed by atoms with Crippen molar-refractivity contribution in [1.29, 1.82) is 0 Å². The summed E-state index contributed by atoms with van der Waals surface area (Å²) >= 11 is 6.46. The molecule has 8 heteroatoms. The molecule has 1 rings (SSSR count). The molecule has 0 aliphatic carbocycles. The van der Waals surface area contributed by atoms with Crippen molar-refractivity contribution >= 4 is 47.9 Å². The molecule has 1 aromatic carbocycles. The number of hydrogen-bond donors (Lipinski definition) is 2. The third-order valence-corrected chi connectivity index (χ3v) is 5.73. The lowest BCUT2D eigenvalue weighted by atomic mass is 10.0.